The lowest BCUT2D eigenvalue weighted by molar-refractivity contribution is -0.385. The van der Waals surface area contributed by atoms with Crippen LogP contribution in [0.3, 0.4) is 0 Å². The van der Waals surface area contributed by atoms with Crippen molar-refractivity contribution in [1.29, 1.82) is 0 Å². The van der Waals surface area contributed by atoms with Gasteiger partial charge in [-0.15, -0.1) is 0 Å². The summed E-state index contributed by atoms with van der Waals surface area (Å²) in [6.07, 6.45) is 11.7. The van der Waals surface area contributed by atoms with Crippen LogP contribution in [0.4, 0.5) is 0 Å². The molecule has 1 saturated heterocycles. The highest BCUT2D eigenvalue weighted by atomic mass is 16.5. The number of hydrogen-bond acceptors (Lipinski definition) is 7. The second-order valence-corrected chi connectivity index (χ2v) is 9.17. The second kappa shape index (κ2) is 8.53. The molecule has 180 valence electrons. The largest absolute Gasteiger partial charge is 0.450 e. The molecule has 3 unspecified atom stereocenters. The van der Waals surface area contributed by atoms with Gasteiger partial charge in [0.25, 0.3) is 6.34 Å². The van der Waals surface area contributed by atoms with Gasteiger partial charge in [-0.25, -0.2) is 9.37 Å². The Bertz CT molecular complexity index is 1540. The average Bonchev–Trinajstić information content (AvgIpc) is 3.61. The van der Waals surface area contributed by atoms with Crippen LogP contribution in [0, 0.1) is 0 Å². The molecule has 10 heteroatoms. The summed E-state index contributed by atoms with van der Waals surface area (Å²) in [7, 11) is 1.84. The lowest BCUT2D eigenvalue weighted by atomic mass is 10.0. The summed E-state index contributed by atoms with van der Waals surface area (Å²) in [4.78, 5) is 27.3. The molecular formula is C25H28N7O3+. The standard InChI is InChI=1S/C25H28N7O3/c1-4-17-8-16(6-7-34-17)32-23-18-9-19(20-13-31(5-2)14-27-20)26-11-21(18)35-24(23)22(29-25(32)33)15-10-28-30(3)12-15/h9-14,16-17,20H,4-8H2,1-3H3/q+1. The van der Waals surface area contributed by atoms with Gasteiger partial charge < -0.3 is 9.15 Å². The van der Waals surface area contributed by atoms with Crippen molar-refractivity contribution in [2.75, 3.05) is 13.2 Å². The van der Waals surface area contributed by atoms with Crippen molar-refractivity contribution >= 4 is 34.6 Å². The van der Waals surface area contributed by atoms with Gasteiger partial charge in [0.15, 0.2) is 11.2 Å². The minimum atomic E-state index is -0.290. The van der Waals surface area contributed by atoms with Crippen molar-refractivity contribution in [1.82, 2.24) is 24.3 Å². The first kappa shape index (κ1) is 21.8. The van der Waals surface area contributed by atoms with Gasteiger partial charge >= 0.3 is 5.69 Å². The maximum Gasteiger partial charge on any atom is 0.349 e. The molecular weight excluding hydrogens is 446 g/mol. The molecule has 0 bridgehead atoms. The van der Waals surface area contributed by atoms with Crippen LogP contribution in [0.15, 0.2) is 38.9 Å². The normalized spacial score (nSPS) is 22.4. The zero-order valence-electron chi connectivity index (χ0n) is 20.1. The topological polar surface area (TPSA) is 103 Å². The monoisotopic (exact) mass is 474 g/mol. The molecule has 3 atom stereocenters. The van der Waals surface area contributed by atoms with Crippen LogP contribution >= 0.6 is 0 Å². The van der Waals surface area contributed by atoms with E-state index in [1.165, 1.54) is 0 Å². The Hall–Kier alpha value is -3.66. The van der Waals surface area contributed by atoms with Crippen LogP contribution in [0.25, 0.3) is 33.3 Å². The van der Waals surface area contributed by atoms with Crippen molar-refractivity contribution in [3.8, 4) is 11.3 Å². The van der Waals surface area contributed by atoms with E-state index in [2.05, 4.69) is 40.1 Å². The molecule has 2 aliphatic heterocycles. The van der Waals surface area contributed by atoms with Crippen molar-refractivity contribution in [2.45, 2.75) is 51.3 Å². The van der Waals surface area contributed by atoms with E-state index in [0.717, 1.165) is 48.0 Å². The minimum Gasteiger partial charge on any atom is -0.450 e. The summed E-state index contributed by atoms with van der Waals surface area (Å²) in [6, 6.07) is 1.80. The predicted molar refractivity (Wildman–Crippen MR) is 132 cm³/mol. The molecule has 0 spiro atoms. The predicted octanol–water partition coefficient (Wildman–Crippen LogP) is 3.25. The third-order valence-corrected chi connectivity index (χ3v) is 6.96. The Balaban J connectivity index is 1.61. The van der Waals surface area contributed by atoms with E-state index in [4.69, 9.17) is 9.15 Å². The van der Waals surface area contributed by atoms with Crippen LogP contribution in [0.5, 0.6) is 0 Å². The van der Waals surface area contributed by atoms with Crippen LogP contribution in [0.1, 0.15) is 50.9 Å². The number of hydrogen-bond donors (Lipinski definition) is 0. The fourth-order valence-corrected chi connectivity index (χ4v) is 5.08. The van der Waals surface area contributed by atoms with Gasteiger partial charge in [0.2, 0.25) is 6.04 Å². The van der Waals surface area contributed by atoms with E-state index >= 15 is 0 Å². The van der Waals surface area contributed by atoms with Gasteiger partial charge in [0.05, 0.1) is 30.7 Å². The molecule has 1 fully saturated rings. The highest BCUT2D eigenvalue weighted by Crippen LogP contribution is 2.37. The Morgan fingerprint density at radius 3 is 2.89 bits per heavy atom. The van der Waals surface area contributed by atoms with Gasteiger partial charge in [0.1, 0.15) is 17.4 Å². The third-order valence-electron chi connectivity index (χ3n) is 6.96. The van der Waals surface area contributed by atoms with E-state index < -0.39 is 0 Å². The Morgan fingerprint density at radius 1 is 1.26 bits per heavy atom. The zero-order chi connectivity index (χ0) is 24.1. The summed E-state index contributed by atoms with van der Waals surface area (Å²) in [6.45, 7) is 5.65. The zero-order valence-corrected chi connectivity index (χ0v) is 20.1. The van der Waals surface area contributed by atoms with Gasteiger partial charge in [0, 0.05) is 36.8 Å². The summed E-state index contributed by atoms with van der Waals surface area (Å²) >= 11 is 0. The molecule has 2 aliphatic rings. The maximum atomic E-state index is 13.6. The molecule has 4 aromatic heterocycles. The smallest absolute Gasteiger partial charge is 0.349 e. The number of furan rings is 1. The molecule has 10 nitrogen and oxygen atoms in total. The lowest BCUT2D eigenvalue weighted by Crippen LogP contribution is -2.34. The van der Waals surface area contributed by atoms with Crippen LogP contribution < -0.4 is 5.69 Å². The third kappa shape index (κ3) is 3.68. The van der Waals surface area contributed by atoms with E-state index in [1.807, 2.05) is 34.8 Å². The number of nitrogens with zero attached hydrogens (tertiary/aromatic N) is 7. The van der Waals surface area contributed by atoms with Crippen molar-refractivity contribution in [3.63, 3.8) is 0 Å². The second-order valence-electron chi connectivity index (χ2n) is 9.17. The van der Waals surface area contributed by atoms with E-state index in [0.29, 0.717) is 23.5 Å². The van der Waals surface area contributed by atoms with Crippen LogP contribution in [-0.4, -0.2) is 60.7 Å². The molecule has 0 aliphatic carbocycles. The number of ether oxygens (including phenoxy) is 1. The SMILES string of the molecule is CCC1CC(n2c(=O)nc(-c3cnn(C)c3)c3oc4cnc(C5C=[N+](CC)C=N5)cc4c32)CCO1. The van der Waals surface area contributed by atoms with E-state index in [1.54, 1.807) is 17.1 Å². The first-order valence-corrected chi connectivity index (χ1v) is 12.1. The lowest BCUT2D eigenvalue weighted by Gasteiger charge is -2.30. The Morgan fingerprint density at radius 2 is 2.14 bits per heavy atom. The van der Waals surface area contributed by atoms with Gasteiger partial charge in [-0.2, -0.15) is 10.1 Å². The van der Waals surface area contributed by atoms with Gasteiger partial charge in [-0.05, 0) is 32.3 Å². The van der Waals surface area contributed by atoms with E-state index in [-0.39, 0.29) is 23.9 Å². The molecule has 0 saturated carbocycles. The van der Waals surface area contributed by atoms with Crippen molar-refractivity contribution in [3.05, 3.63) is 40.8 Å². The number of aryl methyl sites for hydroxylation is 1. The molecule has 0 radical (unpaired) electrons. The summed E-state index contributed by atoms with van der Waals surface area (Å²) < 4.78 is 17.8. The molecule has 6 rings (SSSR count). The number of aliphatic imine (C=N–C) groups is 1. The molecule has 0 amide bonds. The first-order valence-electron chi connectivity index (χ1n) is 12.1. The fourth-order valence-electron chi connectivity index (χ4n) is 5.08. The van der Waals surface area contributed by atoms with Crippen molar-refractivity contribution in [2.24, 2.45) is 12.0 Å². The Kier molecular flexibility index (Phi) is 5.32. The highest BCUT2D eigenvalue weighted by Gasteiger charge is 2.30. The average molecular weight is 475 g/mol. The quantitative estimate of drug-likeness (QED) is 0.411. The maximum absolute atomic E-state index is 13.6. The van der Waals surface area contributed by atoms with Crippen LogP contribution in [0.2, 0.25) is 0 Å². The summed E-state index contributed by atoms with van der Waals surface area (Å²) in [5.74, 6) is 0. The van der Waals surface area contributed by atoms with E-state index in [9.17, 15) is 4.79 Å². The first-order chi connectivity index (χ1) is 17.1. The number of pyridine rings is 1. The van der Waals surface area contributed by atoms with Crippen molar-refractivity contribution < 1.29 is 13.7 Å². The number of fused-ring (bicyclic) bond motifs is 3. The molecule has 0 aromatic carbocycles. The molecule has 0 N–H and O–H groups in total. The fraction of sp³-hybridized carbons (Fsp3) is 0.440. The number of rotatable bonds is 5. The highest BCUT2D eigenvalue weighted by molar-refractivity contribution is 6.06. The Labute approximate surface area is 201 Å². The van der Waals surface area contributed by atoms with Crippen LogP contribution in [-0.2, 0) is 11.8 Å². The molecule has 6 heterocycles. The number of aromatic nitrogens is 5. The summed E-state index contributed by atoms with van der Waals surface area (Å²) in [5.41, 5.74) is 3.68. The molecule has 35 heavy (non-hydrogen) atoms. The minimum absolute atomic E-state index is 0.0248. The van der Waals surface area contributed by atoms with Gasteiger partial charge in [-0.1, -0.05) is 11.9 Å². The van der Waals surface area contributed by atoms with Gasteiger partial charge in [-0.3, -0.25) is 14.2 Å². The molecule has 4 aromatic rings. The summed E-state index contributed by atoms with van der Waals surface area (Å²) in [5, 5.41) is 5.11.